The zero-order valence-corrected chi connectivity index (χ0v) is 18.7. The number of halogens is 2. The second-order valence-corrected chi connectivity index (χ2v) is 7.11. The molecule has 0 heterocycles. The van der Waals surface area contributed by atoms with Crippen LogP contribution in [0.3, 0.4) is 0 Å². The summed E-state index contributed by atoms with van der Waals surface area (Å²) in [4.78, 5) is 24.5. The van der Waals surface area contributed by atoms with E-state index in [1.54, 1.807) is 45.0 Å². The van der Waals surface area contributed by atoms with Gasteiger partial charge in [0.15, 0.2) is 0 Å². The number of esters is 1. The van der Waals surface area contributed by atoms with Crippen LogP contribution in [0.25, 0.3) is 0 Å². The van der Waals surface area contributed by atoms with Crippen molar-refractivity contribution in [3.05, 3.63) is 70.8 Å². The first kappa shape index (κ1) is 25.8. The molecule has 7 nitrogen and oxygen atoms in total. The highest BCUT2D eigenvalue weighted by Gasteiger charge is 2.21. The van der Waals surface area contributed by atoms with Crippen LogP contribution in [0.4, 0.5) is 19.3 Å². The van der Waals surface area contributed by atoms with E-state index in [2.05, 4.69) is 5.32 Å². The summed E-state index contributed by atoms with van der Waals surface area (Å²) in [6, 6.07) is 9.40. The van der Waals surface area contributed by atoms with Gasteiger partial charge in [0.2, 0.25) is 0 Å². The lowest BCUT2D eigenvalue weighted by Crippen LogP contribution is -2.19. The molecule has 178 valence electrons. The minimum Gasteiger partial charge on any atom is -0.491 e. The van der Waals surface area contributed by atoms with Crippen LogP contribution in [0.2, 0.25) is 0 Å². The molecule has 0 unspecified atom stereocenters. The van der Waals surface area contributed by atoms with Gasteiger partial charge in [-0.1, -0.05) is 17.7 Å². The molecule has 0 saturated heterocycles. The summed E-state index contributed by atoms with van der Waals surface area (Å²) in [5.74, 6) is -1.68. The van der Waals surface area contributed by atoms with Crippen LogP contribution < -0.4 is 10.1 Å². The van der Waals surface area contributed by atoms with E-state index < -0.39 is 29.8 Å². The number of aliphatic hydroxyl groups is 1. The third-order valence-electron chi connectivity index (χ3n) is 4.74. The molecular formula is C24H27F2NO6. The van der Waals surface area contributed by atoms with Crippen LogP contribution >= 0.6 is 0 Å². The molecule has 0 aliphatic rings. The Morgan fingerprint density at radius 1 is 1.09 bits per heavy atom. The fourth-order valence-corrected chi connectivity index (χ4v) is 2.87. The number of amides is 1. The molecule has 0 aliphatic carbocycles. The van der Waals surface area contributed by atoms with Crippen LogP contribution in [0, 0.1) is 11.6 Å². The first-order chi connectivity index (χ1) is 15.7. The minimum absolute atomic E-state index is 0.130. The van der Waals surface area contributed by atoms with E-state index >= 15 is 0 Å². The highest BCUT2D eigenvalue weighted by molar-refractivity contribution is 5.88. The van der Waals surface area contributed by atoms with E-state index in [4.69, 9.17) is 19.3 Å². The minimum atomic E-state index is -0.951. The summed E-state index contributed by atoms with van der Waals surface area (Å²) in [5.41, 5.74) is 1.39. The Balaban J connectivity index is 2.24. The van der Waals surface area contributed by atoms with Crippen molar-refractivity contribution >= 4 is 17.7 Å². The molecule has 0 spiro atoms. The number of ether oxygens (including phenoxy) is 3. The van der Waals surface area contributed by atoms with Gasteiger partial charge in [0, 0.05) is 18.1 Å². The standard InChI is InChI=1S/C24H27F2NO6/c1-4-31-23(29)16(3)15(2)13-22(17-5-8-19(9-6-17)32-12-11-28)33-24(30)27-21-10-7-18(25)14-20(21)26/h5-10,14,22,28H,4,11-13H2,1-3H3,(H,27,30)/b16-15+/t22-/m1/s1. The van der Waals surface area contributed by atoms with Crippen molar-refractivity contribution < 1.29 is 37.7 Å². The number of hydrogen-bond donors (Lipinski definition) is 2. The predicted molar refractivity (Wildman–Crippen MR) is 118 cm³/mol. The fraction of sp³-hybridized carbons (Fsp3) is 0.333. The van der Waals surface area contributed by atoms with Crippen molar-refractivity contribution in [2.24, 2.45) is 0 Å². The highest BCUT2D eigenvalue weighted by atomic mass is 19.1. The summed E-state index contributed by atoms with van der Waals surface area (Å²) in [7, 11) is 0. The van der Waals surface area contributed by atoms with Gasteiger partial charge in [-0.3, -0.25) is 5.32 Å². The molecule has 1 atom stereocenters. The van der Waals surface area contributed by atoms with Gasteiger partial charge in [0.05, 0.1) is 18.9 Å². The van der Waals surface area contributed by atoms with Gasteiger partial charge in [-0.25, -0.2) is 18.4 Å². The Kier molecular flexibility index (Phi) is 9.81. The first-order valence-corrected chi connectivity index (χ1v) is 10.3. The van der Waals surface area contributed by atoms with Gasteiger partial charge in [-0.15, -0.1) is 0 Å². The van der Waals surface area contributed by atoms with E-state index in [0.29, 0.717) is 28.5 Å². The fourth-order valence-electron chi connectivity index (χ4n) is 2.87. The highest BCUT2D eigenvalue weighted by Crippen LogP contribution is 2.29. The molecule has 2 N–H and O–H groups in total. The van der Waals surface area contributed by atoms with Crippen molar-refractivity contribution in [3.63, 3.8) is 0 Å². The largest absolute Gasteiger partial charge is 0.491 e. The number of carbonyl (C=O) groups excluding carboxylic acids is 2. The third-order valence-corrected chi connectivity index (χ3v) is 4.74. The molecule has 0 fully saturated rings. The molecule has 33 heavy (non-hydrogen) atoms. The lowest BCUT2D eigenvalue weighted by Gasteiger charge is -2.20. The SMILES string of the molecule is CCOC(=O)/C(C)=C(\C)C[C@@H](OC(=O)Nc1ccc(F)cc1F)c1ccc(OCCO)cc1. The summed E-state index contributed by atoms with van der Waals surface area (Å²) < 4.78 is 42.9. The molecule has 1 amide bonds. The Morgan fingerprint density at radius 2 is 1.79 bits per heavy atom. The van der Waals surface area contributed by atoms with Crippen molar-refractivity contribution in [1.29, 1.82) is 0 Å². The normalized spacial score (nSPS) is 12.4. The van der Waals surface area contributed by atoms with Crippen molar-refractivity contribution in [2.45, 2.75) is 33.3 Å². The molecule has 0 aromatic heterocycles. The van der Waals surface area contributed by atoms with E-state index in [1.165, 1.54) is 0 Å². The zero-order valence-electron chi connectivity index (χ0n) is 18.7. The maximum atomic E-state index is 13.9. The summed E-state index contributed by atoms with van der Waals surface area (Å²) in [5, 5.41) is 11.1. The van der Waals surface area contributed by atoms with Crippen LogP contribution in [0.15, 0.2) is 53.6 Å². The number of anilines is 1. The molecule has 0 saturated carbocycles. The summed E-state index contributed by atoms with van der Waals surface area (Å²) in [6.45, 7) is 5.26. The number of nitrogens with one attached hydrogen (secondary N) is 1. The van der Waals surface area contributed by atoms with E-state index in [1.807, 2.05) is 0 Å². The van der Waals surface area contributed by atoms with Gasteiger partial charge in [0.1, 0.15) is 30.1 Å². The molecular weight excluding hydrogens is 436 g/mol. The van der Waals surface area contributed by atoms with E-state index in [9.17, 15) is 18.4 Å². The molecule has 2 aromatic carbocycles. The Morgan fingerprint density at radius 3 is 2.39 bits per heavy atom. The van der Waals surface area contributed by atoms with Gasteiger partial charge >= 0.3 is 12.1 Å². The van der Waals surface area contributed by atoms with Gasteiger partial charge in [-0.05, 0) is 50.6 Å². The van der Waals surface area contributed by atoms with Crippen LogP contribution in [0.1, 0.15) is 38.9 Å². The van der Waals surface area contributed by atoms with Crippen LogP contribution in [-0.4, -0.2) is 37.0 Å². The second-order valence-electron chi connectivity index (χ2n) is 7.11. The molecule has 0 radical (unpaired) electrons. The molecule has 9 heteroatoms. The average Bonchev–Trinajstić information content (AvgIpc) is 2.79. The predicted octanol–water partition coefficient (Wildman–Crippen LogP) is 4.92. The maximum Gasteiger partial charge on any atom is 0.412 e. The van der Waals surface area contributed by atoms with Gasteiger partial charge in [0.25, 0.3) is 0 Å². The Labute approximate surface area is 191 Å². The Bertz CT molecular complexity index is 991. The van der Waals surface area contributed by atoms with Crippen molar-refractivity contribution in [3.8, 4) is 5.75 Å². The lowest BCUT2D eigenvalue weighted by molar-refractivity contribution is -0.138. The zero-order chi connectivity index (χ0) is 24.4. The number of benzene rings is 2. The van der Waals surface area contributed by atoms with Crippen molar-refractivity contribution in [2.75, 3.05) is 25.1 Å². The number of hydrogen-bond acceptors (Lipinski definition) is 6. The summed E-state index contributed by atoms with van der Waals surface area (Å²) in [6.07, 6.45) is -1.61. The summed E-state index contributed by atoms with van der Waals surface area (Å²) >= 11 is 0. The van der Waals surface area contributed by atoms with Gasteiger partial charge in [-0.2, -0.15) is 0 Å². The van der Waals surface area contributed by atoms with Crippen molar-refractivity contribution in [1.82, 2.24) is 0 Å². The van der Waals surface area contributed by atoms with Crippen LogP contribution in [-0.2, 0) is 14.3 Å². The molecule has 2 aromatic rings. The molecule has 2 rings (SSSR count). The number of aliphatic hydroxyl groups excluding tert-OH is 1. The maximum absolute atomic E-state index is 13.9. The monoisotopic (exact) mass is 463 g/mol. The second kappa shape index (κ2) is 12.5. The van der Waals surface area contributed by atoms with E-state index in [0.717, 1.165) is 12.1 Å². The van der Waals surface area contributed by atoms with E-state index in [-0.39, 0.29) is 31.9 Å². The first-order valence-electron chi connectivity index (χ1n) is 10.3. The quantitative estimate of drug-likeness (QED) is 0.384. The van der Waals surface area contributed by atoms with Crippen LogP contribution in [0.5, 0.6) is 5.75 Å². The topological polar surface area (TPSA) is 94.1 Å². The third kappa shape index (κ3) is 7.87. The average molecular weight is 463 g/mol. The van der Waals surface area contributed by atoms with Gasteiger partial charge < -0.3 is 19.3 Å². The number of carbonyl (C=O) groups is 2. The number of rotatable bonds is 10. The lowest BCUT2D eigenvalue weighted by atomic mass is 9.99. The molecule has 0 aliphatic heterocycles. The molecule has 0 bridgehead atoms. The Hall–Kier alpha value is -3.46. The smallest absolute Gasteiger partial charge is 0.412 e.